The van der Waals surface area contributed by atoms with Gasteiger partial charge in [-0.25, -0.2) is 4.98 Å². The molecular weight excluding hydrogens is 230 g/mol. The van der Waals surface area contributed by atoms with Gasteiger partial charge in [-0.15, -0.1) is 11.8 Å². The zero-order valence-electron chi connectivity index (χ0n) is 10.7. The molecule has 1 heterocycles. The molecule has 1 rings (SSSR count). The van der Waals surface area contributed by atoms with Gasteiger partial charge >= 0.3 is 0 Å². The molecule has 0 aliphatic rings. The van der Waals surface area contributed by atoms with E-state index < -0.39 is 0 Å². The number of thioether (sulfide) groups is 1. The molecule has 92 valence electrons. The van der Waals surface area contributed by atoms with Crippen LogP contribution < -0.4 is 0 Å². The number of hydrogen-bond donors (Lipinski definition) is 0. The van der Waals surface area contributed by atoms with Gasteiger partial charge in [0.2, 0.25) is 0 Å². The Hall–Kier alpha value is -1.05. The van der Waals surface area contributed by atoms with Crippen LogP contribution >= 0.6 is 11.8 Å². The van der Waals surface area contributed by atoms with Gasteiger partial charge in [-0.3, -0.25) is 0 Å². The Balaban J connectivity index is 2.57. The standard InChI is InChI=1S/C13H19N3S/c1-4-16(5-2)8-9-17-13-12(10-14)7-6-11(3)15-13/h6-7H,4-5,8-9H2,1-3H3. The molecule has 0 fully saturated rings. The van der Waals surface area contributed by atoms with Crippen molar-refractivity contribution in [1.82, 2.24) is 9.88 Å². The summed E-state index contributed by atoms with van der Waals surface area (Å²) in [6.45, 7) is 9.47. The average Bonchev–Trinajstić information content (AvgIpc) is 2.35. The largest absolute Gasteiger partial charge is 0.303 e. The Kier molecular flexibility index (Phi) is 6.03. The van der Waals surface area contributed by atoms with Gasteiger partial charge in [0.05, 0.1) is 5.56 Å². The molecule has 4 heteroatoms. The molecule has 0 radical (unpaired) electrons. The average molecular weight is 249 g/mol. The van der Waals surface area contributed by atoms with E-state index in [1.807, 2.05) is 19.1 Å². The van der Waals surface area contributed by atoms with Crippen molar-refractivity contribution in [2.45, 2.75) is 25.8 Å². The highest BCUT2D eigenvalue weighted by atomic mass is 32.2. The quantitative estimate of drug-likeness (QED) is 0.727. The van der Waals surface area contributed by atoms with Gasteiger partial charge in [0.25, 0.3) is 0 Å². The Bertz CT molecular complexity index is 394. The summed E-state index contributed by atoms with van der Waals surface area (Å²) in [7, 11) is 0. The molecule has 3 nitrogen and oxygen atoms in total. The molecule has 1 aromatic rings. The first-order valence-corrected chi connectivity index (χ1v) is 6.92. The maximum Gasteiger partial charge on any atom is 0.114 e. The summed E-state index contributed by atoms with van der Waals surface area (Å²) in [5.41, 5.74) is 1.65. The molecule has 0 saturated carbocycles. The van der Waals surface area contributed by atoms with Crippen LogP contribution in [0.5, 0.6) is 0 Å². The van der Waals surface area contributed by atoms with Gasteiger partial charge in [-0.2, -0.15) is 5.26 Å². The van der Waals surface area contributed by atoms with Crippen molar-refractivity contribution in [2.24, 2.45) is 0 Å². The van der Waals surface area contributed by atoms with Gasteiger partial charge < -0.3 is 4.90 Å². The molecule has 1 aromatic heterocycles. The molecule has 0 saturated heterocycles. The number of aromatic nitrogens is 1. The second-order valence-electron chi connectivity index (χ2n) is 3.79. The van der Waals surface area contributed by atoms with E-state index in [-0.39, 0.29) is 0 Å². The number of nitrogens with zero attached hydrogens (tertiary/aromatic N) is 3. The Morgan fingerprint density at radius 3 is 2.65 bits per heavy atom. The fourth-order valence-electron chi connectivity index (χ4n) is 1.54. The monoisotopic (exact) mass is 249 g/mol. The summed E-state index contributed by atoms with van der Waals surface area (Å²) >= 11 is 1.67. The fraction of sp³-hybridized carbons (Fsp3) is 0.538. The minimum Gasteiger partial charge on any atom is -0.303 e. The highest BCUT2D eigenvalue weighted by Crippen LogP contribution is 2.20. The van der Waals surface area contributed by atoms with Crippen LogP contribution in [-0.2, 0) is 0 Å². The second kappa shape index (κ2) is 7.31. The van der Waals surface area contributed by atoms with Gasteiger partial charge in [-0.05, 0) is 32.1 Å². The normalized spacial score (nSPS) is 10.5. The van der Waals surface area contributed by atoms with Crippen molar-refractivity contribution in [3.05, 3.63) is 23.4 Å². The smallest absolute Gasteiger partial charge is 0.114 e. The maximum absolute atomic E-state index is 9.00. The van der Waals surface area contributed by atoms with Crippen molar-refractivity contribution in [2.75, 3.05) is 25.4 Å². The number of nitriles is 1. The summed E-state index contributed by atoms with van der Waals surface area (Å²) in [4.78, 5) is 6.78. The molecule has 0 spiro atoms. The third kappa shape index (κ3) is 4.37. The lowest BCUT2D eigenvalue weighted by Gasteiger charge is -2.17. The lowest BCUT2D eigenvalue weighted by atomic mass is 10.3. The van der Waals surface area contributed by atoms with Crippen molar-refractivity contribution in [1.29, 1.82) is 5.26 Å². The molecule has 0 amide bonds. The summed E-state index contributed by atoms with van der Waals surface area (Å²) in [5, 5.41) is 9.86. The highest BCUT2D eigenvalue weighted by molar-refractivity contribution is 7.99. The third-order valence-electron chi connectivity index (χ3n) is 2.66. The number of rotatable bonds is 6. The van der Waals surface area contributed by atoms with Crippen molar-refractivity contribution >= 4 is 11.8 Å². The molecule has 0 aromatic carbocycles. The van der Waals surface area contributed by atoms with E-state index in [0.717, 1.165) is 36.1 Å². The minimum absolute atomic E-state index is 0.681. The lowest BCUT2D eigenvalue weighted by Crippen LogP contribution is -2.25. The molecular formula is C13H19N3S. The zero-order chi connectivity index (χ0) is 12.7. The van der Waals surface area contributed by atoms with Gasteiger partial charge in [0.15, 0.2) is 0 Å². The summed E-state index contributed by atoms with van der Waals surface area (Å²) in [5.74, 6) is 0.979. The Morgan fingerprint density at radius 1 is 1.35 bits per heavy atom. The summed E-state index contributed by atoms with van der Waals surface area (Å²) < 4.78 is 0. The second-order valence-corrected chi connectivity index (χ2v) is 4.88. The van der Waals surface area contributed by atoms with E-state index in [1.54, 1.807) is 11.8 Å². The molecule has 0 unspecified atom stereocenters. The SMILES string of the molecule is CCN(CC)CCSc1nc(C)ccc1C#N. The predicted molar refractivity (Wildman–Crippen MR) is 72.2 cm³/mol. The van der Waals surface area contributed by atoms with E-state index >= 15 is 0 Å². The van der Waals surface area contributed by atoms with E-state index in [0.29, 0.717) is 5.56 Å². The van der Waals surface area contributed by atoms with E-state index in [1.165, 1.54) is 0 Å². The van der Waals surface area contributed by atoms with Crippen LogP contribution in [0.3, 0.4) is 0 Å². The van der Waals surface area contributed by atoms with Crippen LogP contribution in [0.1, 0.15) is 25.1 Å². The first kappa shape index (κ1) is 14.0. The van der Waals surface area contributed by atoms with Crippen LogP contribution in [0.25, 0.3) is 0 Å². The van der Waals surface area contributed by atoms with E-state index in [9.17, 15) is 0 Å². The maximum atomic E-state index is 9.00. The van der Waals surface area contributed by atoms with Gasteiger partial charge in [0.1, 0.15) is 11.1 Å². The summed E-state index contributed by atoms with van der Waals surface area (Å²) in [6.07, 6.45) is 0. The highest BCUT2D eigenvalue weighted by Gasteiger charge is 2.06. The van der Waals surface area contributed by atoms with Crippen LogP contribution in [0.15, 0.2) is 17.2 Å². The van der Waals surface area contributed by atoms with Crippen LogP contribution in [-0.4, -0.2) is 35.3 Å². The first-order chi connectivity index (χ1) is 8.21. The number of pyridine rings is 1. The topological polar surface area (TPSA) is 39.9 Å². The number of aryl methyl sites for hydroxylation is 1. The molecule has 0 aliphatic carbocycles. The van der Waals surface area contributed by atoms with Crippen LogP contribution in [0.4, 0.5) is 0 Å². The lowest BCUT2D eigenvalue weighted by molar-refractivity contribution is 0.324. The van der Waals surface area contributed by atoms with Crippen molar-refractivity contribution in [3.63, 3.8) is 0 Å². The fourth-order valence-corrected chi connectivity index (χ4v) is 2.56. The molecule has 17 heavy (non-hydrogen) atoms. The Labute approximate surface area is 108 Å². The van der Waals surface area contributed by atoms with Crippen LogP contribution in [0.2, 0.25) is 0 Å². The molecule has 0 aliphatic heterocycles. The minimum atomic E-state index is 0.681. The number of hydrogen-bond acceptors (Lipinski definition) is 4. The molecule has 0 atom stereocenters. The summed E-state index contributed by atoms with van der Waals surface area (Å²) in [6, 6.07) is 5.92. The van der Waals surface area contributed by atoms with E-state index in [4.69, 9.17) is 5.26 Å². The molecule has 0 N–H and O–H groups in total. The van der Waals surface area contributed by atoms with Crippen molar-refractivity contribution in [3.8, 4) is 6.07 Å². The van der Waals surface area contributed by atoms with Crippen molar-refractivity contribution < 1.29 is 0 Å². The zero-order valence-corrected chi connectivity index (χ0v) is 11.5. The van der Waals surface area contributed by atoms with Gasteiger partial charge in [-0.1, -0.05) is 13.8 Å². The first-order valence-electron chi connectivity index (χ1n) is 5.94. The van der Waals surface area contributed by atoms with Gasteiger partial charge in [0, 0.05) is 18.0 Å². The Morgan fingerprint density at radius 2 is 2.06 bits per heavy atom. The third-order valence-corrected chi connectivity index (χ3v) is 3.63. The molecule has 0 bridgehead atoms. The van der Waals surface area contributed by atoms with E-state index in [2.05, 4.69) is 29.8 Å². The predicted octanol–water partition coefficient (Wildman–Crippen LogP) is 2.70. The van der Waals surface area contributed by atoms with Crippen LogP contribution in [0, 0.1) is 18.3 Å².